The molecule has 10 heteroatoms. The van der Waals surface area contributed by atoms with Gasteiger partial charge in [-0.1, -0.05) is 35.9 Å². The van der Waals surface area contributed by atoms with Crippen molar-refractivity contribution in [3.63, 3.8) is 0 Å². The van der Waals surface area contributed by atoms with E-state index in [2.05, 4.69) is 16.4 Å². The SMILES string of the molecule is Cc1ccccc1COc1ccc(Nc2c(C#N)cnc3cc(OC4CCOC4)c([N+](=O)[O-])cc23)cc1Cl. The predicted molar refractivity (Wildman–Crippen MR) is 143 cm³/mol. The molecular formula is C28H23ClN4O5. The van der Waals surface area contributed by atoms with Gasteiger partial charge in [0.25, 0.3) is 0 Å². The summed E-state index contributed by atoms with van der Waals surface area (Å²) in [5, 5.41) is 25.6. The van der Waals surface area contributed by atoms with Crippen LogP contribution < -0.4 is 14.8 Å². The summed E-state index contributed by atoms with van der Waals surface area (Å²) in [6, 6.07) is 18.1. The van der Waals surface area contributed by atoms with Gasteiger partial charge in [-0.15, -0.1) is 0 Å². The van der Waals surface area contributed by atoms with Crippen molar-refractivity contribution in [3.8, 4) is 17.6 Å². The molecule has 9 nitrogen and oxygen atoms in total. The summed E-state index contributed by atoms with van der Waals surface area (Å²) in [6.45, 7) is 3.30. The van der Waals surface area contributed by atoms with Gasteiger partial charge in [-0.25, -0.2) is 0 Å². The van der Waals surface area contributed by atoms with Crippen LogP contribution in [0.1, 0.15) is 23.1 Å². The second-order valence-corrected chi connectivity index (χ2v) is 9.25. The summed E-state index contributed by atoms with van der Waals surface area (Å²) < 4.78 is 17.1. The van der Waals surface area contributed by atoms with E-state index in [0.717, 1.165) is 11.1 Å². The zero-order valence-corrected chi connectivity index (χ0v) is 21.2. The Balaban J connectivity index is 1.45. The largest absolute Gasteiger partial charge is 0.487 e. The van der Waals surface area contributed by atoms with E-state index in [0.29, 0.717) is 59.3 Å². The molecule has 0 aliphatic carbocycles. The lowest BCUT2D eigenvalue weighted by atomic mass is 10.1. The van der Waals surface area contributed by atoms with Gasteiger partial charge in [-0.05, 0) is 36.2 Å². The minimum atomic E-state index is -0.509. The van der Waals surface area contributed by atoms with E-state index in [4.69, 9.17) is 25.8 Å². The summed E-state index contributed by atoms with van der Waals surface area (Å²) in [7, 11) is 0. The van der Waals surface area contributed by atoms with Crippen molar-refractivity contribution in [3.05, 3.63) is 92.6 Å². The Kier molecular flexibility index (Phi) is 7.26. The van der Waals surface area contributed by atoms with Gasteiger partial charge in [0.05, 0.1) is 39.9 Å². The number of nitriles is 1. The lowest BCUT2D eigenvalue weighted by Crippen LogP contribution is -2.16. The normalized spacial score (nSPS) is 14.7. The Labute approximate surface area is 223 Å². The smallest absolute Gasteiger partial charge is 0.311 e. The zero-order valence-electron chi connectivity index (χ0n) is 20.4. The van der Waals surface area contributed by atoms with E-state index in [-0.39, 0.29) is 23.1 Å². The molecule has 1 unspecified atom stereocenters. The van der Waals surface area contributed by atoms with Crippen molar-refractivity contribution in [1.82, 2.24) is 4.98 Å². The van der Waals surface area contributed by atoms with E-state index < -0.39 is 4.92 Å². The number of nitro groups is 1. The fourth-order valence-corrected chi connectivity index (χ4v) is 4.45. The molecule has 0 amide bonds. The quantitative estimate of drug-likeness (QED) is 0.203. The van der Waals surface area contributed by atoms with Crippen LogP contribution in [0.2, 0.25) is 5.02 Å². The molecule has 1 atom stereocenters. The van der Waals surface area contributed by atoms with Crippen molar-refractivity contribution in [2.75, 3.05) is 18.5 Å². The predicted octanol–water partition coefficient (Wildman–Crippen LogP) is 6.47. The third-order valence-electron chi connectivity index (χ3n) is 6.29. The van der Waals surface area contributed by atoms with Gasteiger partial charge >= 0.3 is 5.69 Å². The number of pyridine rings is 1. The van der Waals surface area contributed by atoms with Crippen molar-refractivity contribution in [2.24, 2.45) is 0 Å². The minimum Gasteiger partial charge on any atom is -0.487 e. The first-order valence-corrected chi connectivity index (χ1v) is 12.3. The van der Waals surface area contributed by atoms with Crippen LogP contribution in [-0.4, -0.2) is 29.2 Å². The maximum absolute atomic E-state index is 11.9. The van der Waals surface area contributed by atoms with Gasteiger partial charge in [0.1, 0.15) is 24.5 Å². The molecule has 38 heavy (non-hydrogen) atoms. The van der Waals surface area contributed by atoms with Crippen LogP contribution in [0.15, 0.2) is 60.8 Å². The molecule has 192 valence electrons. The number of aryl methyl sites for hydroxylation is 1. The van der Waals surface area contributed by atoms with E-state index >= 15 is 0 Å². The number of fused-ring (bicyclic) bond motifs is 1. The zero-order chi connectivity index (χ0) is 26.6. The third-order valence-corrected chi connectivity index (χ3v) is 6.59. The van der Waals surface area contributed by atoms with Crippen molar-refractivity contribution in [2.45, 2.75) is 26.1 Å². The molecule has 3 aromatic carbocycles. The fraction of sp³-hybridized carbons (Fsp3) is 0.214. The lowest BCUT2D eigenvalue weighted by Gasteiger charge is -2.16. The van der Waals surface area contributed by atoms with Gasteiger partial charge in [-0.2, -0.15) is 5.26 Å². The Morgan fingerprint density at radius 3 is 2.79 bits per heavy atom. The highest BCUT2D eigenvalue weighted by Gasteiger charge is 2.25. The van der Waals surface area contributed by atoms with Crippen LogP contribution in [-0.2, 0) is 11.3 Å². The second-order valence-electron chi connectivity index (χ2n) is 8.84. The molecule has 1 aromatic heterocycles. The molecule has 4 aromatic rings. The summed E-state index contributed by atoms with van der Waals surface area (Å²) in [4.78, 5) is 15.7. The van der Waals surface area contributed by atoms with Gasteiger partial charge in [0, 0.05) is 35.8 Å². The number of benzene rings is 3. The Morgan fingerprint density at radius 2 is 2.08 bits per heavy atom. The summed E-state index contributed by atoms with van der Waals surface area (Å²) in [5.74, 6) is 0.619. The van der Waals surface area contributed by atoms with Crippen LogP contribution in [0.25, 0.3) is 10.9 Å². The molecular weight excluding hydrogens is 508 g/mol. The molecule has 5 rings (SSSR count). The van der Waals surface area contributed by atoms with Crippen LogP contribution in [0, 0.1) is 28.4 Å². The number of ether oxygens (including phenoxy) is 3. The average molecular weight is 531 g/mol. The fourth-order valence-electron chi connectivity index (χ4n) is 4.22. The Morgan fingerprint density at radius 1 is 1.24 bits per heavy atom. The van der Waals surface area contributed by atoms with E-state index in [1.165, 1.54) is 18.3 Å². The van der Waals surface area contributed by atoms with E-state index in [1.807, 2.05) is 31.2 Å². The number of hydrogen-bond acceptors (Lipinski definition) is 8. The Bertz CT molecular complexity index is 1560. The molecule has 1 aliphatic rings. The first-order chi connectivity index (χ1) is 18.4. The van der Waals surface area contributed by atoms with Crippen LogP contribution >= 0.6 is 11.6 Å². The van der Waals surface area contributed by atoms with Gasteiger partial charge < -0.3 is 19.5 Å². The number of anilines is 2. The van der Waals surface area contributed by atoms with E-state index in [9.17, 15) is 15.4 Å². The van der Waals surface area contributed by atoms with Gasteiger partial charge in [0.15, 0.2) is 5.75 Å². The van der Waals surface area contributed by atoms with Gasteiger partial charge in [-0.3, -0.25) is 15.1 Å². The average Bonchev–Trinajstić information content (AvgIpc) is 3.42. The first kappa shape index (κ1) is 25.3. The van der Waals surface area contributed by atoms with E-state index in [1.54, 1.807) is 18.2 Å². The number of nitrogens with zero attached hydrogens (tertiary/aromatic N) is 3. The number of rotatable bonds is 8. The minimum absolute atomic E-state index is 0.111. The topological polar surface area (TPSA) is 120 Å². The highest BCUT2D eigenvalue weighted by Crippen LogP contribution is 2.38. The molecule has 1 fully saturated rings. The highest BCUT2D eigenvalue weighted by molar-refractivity contribution is 6.32. The standard InChI is InChI=1S/C28H23ClN4O5/c1-17-4-2-3-5-18(17)15-37-26-7-6-20(10-23(26)29)32-28-19(13-30)14-31-24-12-27(38-21-8-9-36-16-21)25(33(34)35)11-22(24)28/h2-7,10-12,14,21H,8-9,15-16H2,1H3,(H,31,32). The second kappa shape index (κ2) is 10.9. The molecule has 1 N–H and O–H groups in total. The molecule has 1 aliphatic heterocycles. The van der Waals surface area contributed by atoms with Crippen LogP contribution in [0.5, 0.6) is 11.5 Å². The number of nitrogens with one attached hydrogen (secondary N) is 1. The molecule has 1 saturated heterocycles. The Hall–Kier alpha value is -4.39. The van der Waals surface area contributed by atoms with Crippen molar-refractivity contribution in [1.29, 1.82) is 5.26 Å². The van der Waals surface area contributed by atoms with Gasteiger partial charge in [0.2, 0.25) is 0 Å². The molecule has 2 heterocycles. The molecule has 0 saturated carbocycles. The monoisotopic (exact) mass is 530 g/mol. The molecule has 0 bridgehead atoms. The first-order valence-electron chi connectivity index (χ1n) is 11.9. The maximum atomic E-state index is 11.9. The van der Waals surface area contributed by atoms with Crippen molar-refractivity contribution >= 4 is 39.6 Å². The molecule has 0 spiro atoms. The number of halogens is 1. The third kappa shape index (κ3) is 5.32. The van der Waals surface area contributed by atoms with Crippen molar-refractivity contribution < 1.29 is 19.1 Å². The molecule has 0 radical (unpaired) electrons. The van der Waals surface area contributed by atoms with Crippen LogP contribution in [0.3, 0.4) is 0 Å². The lowest BCUT2D eigenvalue weighted by molar-refractivity contribution is -0.385. The summed E-state index contributed by atoms with van der Waals surface area (Å²) in [5.41, 5.74) is 3.57. The highest BCUT2D eigenvalue weighted by atomic mass is 35.5. The summed E-state index contributed by atoms with van der Waals surface area (Å²) >= 11 is 6.50. The summed E-state index contributed by atoms with van der Waals surface area (Å²) in [6.07, 6.45) is 1.80. The number of hydrogen-bond donors (Lipinski definition) is 1. The van der Waals surface area contributed by atoms with Crippen LogP contribution in [0.4, 0.5) is 17.1 Å². The number of aromatic nitrogens is 1. The maximum Gasteiger partial charge on any atom is 0.311 e. The number of nitro benzene ring substituents is 1.